The molecule has 0 spiro atoms. The average Bonchev–Trinajstić information content (AvgIpc) is 2.60. The van der Waals surface area contributed by atoms with Crippen LogP contribution in [0, 0.1) is 13.8 Å². The Morgan fingerprint density at radius 2 is 1.76 bits per heavy atom. The molecular formula is C19H22N2O4. The Balaban J connectivity index is 2.05. The van der Waals surface area contributed by atoms with Crippen molar-refractivity contribution >= 4 is 23.3 Å². The number of carbonyl (C=O) groups excluding carboxylic acids is 2. The molecule has 2 aromatic rings. The number of ether oxygens (including phenoxy) is 2. The second-order valence-electron chi connectivity index (χ2n) is 5.63. The van der Waals surface area contributed by atoms with Crippen molar-refractivity contribution in [2.75, 3.05) is 31.4 Å². The predicted molar refractivity (Wildman–Crippen MR) is 97.4 cm³/mol. The lowest BCUT2D eigenvalue weighted by Crippen LogP contribution is -2.22. The van der Waals surface area contributed by atoms with Crippen LogP contribution < -0.4 is 15.4 Å². The maximum atomic E-state index is 12.2. The average molecular weight is 342 g/mol. The molecule has 0 saturated heterocycles. The third-order valence-corrected chi connectivity index (χ3v) is 3.73. The molecule has 132 valence electrons. The molecule has 0 heterocycles. The normalized spacial score (nSPS) is 10.1. The molecule has 25 heavy (non-hydrogen) atoms. The Morgan fingerprint density at radius 1 is 1.00 bits per heavy atom. The van der Waals surface area contributed by atoms with E-state index >= 15 is 0 Å². The standard InChI is InChI=1S/C19H22N2O4/c1-12-5-8-17(24-3)16(9-12)21-18(22)11-20-15-10-14(19(23)25-4)7-6-13(15)2/h5-10,20H,11H2,1-4H3,(H,21,22). The van der Waals surface area contributed by atoms with E-state index in [1.54, 1.807) is 25.3 Å². The van der Waals surface area contributed by atoms with E-state index in [9.17, 15) is 9.59 Å². The molecule has 0 aliphatic rings. The van der Waals surface area contributed by atoms with Gasteiger partial charge in [-0.05, 0) is 49.2 Å². The van der Waals surface area contributed by atoms with Crippen LogP contribution in [0.25, 0.3) is 0 Å². The summed E-state index contributed by atoms with van der Waals surface area (Å²) in [6.45, 7) is 3.89. The van der Waals surface area contributed by atoms with Gasteiger partial charge in [-0.1, -0.05) is 12.1 Å². The van der Waals surface area contributed by atoms with Crippen LogP contribution in [0.15, 0.2) is 36.4 Å². The molecule has 2 aromatic carbocycles. The zero-order chi connectivity index (χ0) is 18.4. The number of aryl methyl sites for hydroxylation is 2. The summed E-state index contributed by atoms with van der Waals surface area (Å²) in [6.07, 6.45) is 0. The molecule has 0 fully saturated rings. The monoisotopic (exact) mass is 342 g/mol. The van der Waals surface area contributed by atoms with Crippen LogP contribution in [-0.2, 0) is 9.53 Å². The molecule has 0 radical (unpaired) electrons. The summed E-state index contributed by atoms with van der Waals surface area (Å²) in [5, 5.41) is 5.87. The zero-order valence-corrected chi connectivity index (χ0v) is 14.8. The third kappa shape index (κ3) is 4.73. The van der Waals surface area contributed by atoms with Gasteiger partial charge in [0, 0.05) is 5.69 Å². The molecule has 6 heteroatoms. The van der Waals surface area contributed by atoms with Gasteiger partial charge >= 0.3 is 5.97 Å². The maximum Gasteiger partial charge on any atom is 0.337 e. The number of benzene rings is 2. The van der Waals surface area contributed by atoms with Crippen molar-refractivity contribution in [2.45, 2.75) is 13.8 Å². The molecular weight excluding hydrogens is 320 g/mol. The lowest BCUT2D eigenvalue weighted by molar-refractivity contribution is -0.114. The summed E-state index contributed by atoms with van der Waals surface area (Å²) in [4.78, 5) is 23.8. The van der Waals surface area contributed by atoms with Gasteiger partial charge in [-0.25, -0.2) is 4.79 Å². The molecule has 0 unspecified atom stereocenters. The van der Waals surface area contributed by atoms with Gasteiger partial charge in [-0.3, -0.25) is 4.79 Å². The van der Waals surface area contributed by atoms with Gasteiger partial charge in [0.1, 0.15) is 5.75 Å². The quantitative estimate of drug-likeness (QED) is 0.789. The summed E-state index contributed by atoms with van der Waals surface area (Å²) >= 11 is 0. The number of hydrogen-bond acceptors (Lipinski definition) is 5. The lowest BCUT2D eigenvalue weighted by Gasteiger charge is -2.13. The molecule has 0 atom stereocenters. The number of methoxy groups -OCH3 is 2. The molecule has 0 aromatic heterocycles. The van der Waals surface area contributed by atoms with Gasteiger partial charge < -0.3 is 20.1 Å². The molecule has 0 bridgehead atoms. The van der Waals surface area contributed by atoms with Gasteiger partial charge in [0.15, 0.2) is 0 Å². The van der Waals surface area contributed by atoms with E-state index in [2.05, 4.69) is 10.6 Å². The Bertz CT molecular complexity index is 787. The first-order chi connectivity index (χ1) is 11.9. The number of amides is 1. The fourth-order valence-electron chi connectivity index (χ4n) is 2.35. The molecule has 2 rings (SSSR count). The van der Waals surface area contributed by atoms with Crippen LogP contribution >= 0.6 is 0 Å². The van der Waals surface area contributed by atoms with Crippen LogP contribution in [-0.4, -0.2) is 32.6 Å². The molecule has 2 N–H and O–H groups in total. The van der Waals surface area contributed by atoms with Crippen molar-refractivity contribution in [1.82, 2.24) is 0 Å². The van der Waals surface area contributed by atoms with E-state index < -0.39 is 5.97 Å². The summed E-state index contributed by atoms with van der Waals surface area (Å²) in [5.41, 5.74) is 3.69. The molecule has 6 nitrogen and oxygen atoms in total. The lowest BCUT2D eigenvalue weighted by atomic mass is 10.1. The zero-order valence-electron chi connectivity index (χ0n) is 14.8. The molecule has 0 saturated carbocycles. The summed E-state index contributed by atoms with van der Waals surface area (Å²) in [5.74, 6) is -0.0356. The summed E-state index contributed by atoms with van der Waals surface area (Å²) in [6, 6.07) is 10.7. The Kier molecular flexibility index (Phi) is 6.00. The number of carbonyl (C=O) groups is 2. The fourth-order valence-corrected chi connectivity index (χ4v) is 2.35. The summed E-state index contributed by atoms with van der Waals surface area (Å²) < 4.78 is 9.96. The third-order valence-electron chi connectivity index (χ3n) is 3.73. The van der Waals surface area contributed by atoms with Gasteiger partial charge in [0.25, 0.3) is 0 Å². The molecule has 1 amide bonds. The van der Waals surface area contributed by atoms with Gasteiger partial charge in [-0.15, -0.1) is 0 Å². The van der Waals surface area contributed by atoms with Crippen molar-refractivity contribution in [2.24, 2.45) is 0 Å². The number of rotatable bonds is 6. The van der Waals surface area contributed by atoms with Crippen molar-refractivity contribution in [3.63, 3.8) is 0 Å². The summed E-state index contributed by atoms with van der Waals surface area (Å²) in [7, 11) is 2.89. The van der Waals surface area contributed by atoms with Crippen LogP contribution in [0.2, 0.25) is 0 Å². The second-order valence-corrected chi connectivity index (χ2v) is 5.63. The van der Waals surface area contributed by atoms with E-state index in [1.165, 1.54) is 7.11 Å². The van der Waals surface area contributed by atoms with Crippen molar-refractivity contribution in [3.8, 4) is 5.75 Å². The number of nitrogens with one attached hydrogen (secondary N) is 2. The highest BCUT2D eigenvalue weighted by molar-refractivity contribution is 5.96. The van der Waals surface area contributed by atoms with E-state index in [0.717, 1.165) is 11.1 Å². The highest BCUT2D eigenvalue weighted by atomic mass is 16.5. The largest absolute Gasteiger partial charge is 0.495 e. The minimum atomic E-state index is -0.419. The van der Waals surface area contributed by atoms with Crippen LogP contribution in [0.4, 0.5) is 11.4 Å². The van der Waals surface area contributed by atoms with E-state index in [0.29, 0.717) is 22.7 Å². The van der Waals surface area contributed by atoms with Crippen molar-refractivity contribution in [1.29, 1.82) is 0 Å². The Hall–Kier alpha value is -3.02. The molecule has 0 aliphatic carbocycles. The minimum absolute atomic E-state index is 0.0581. The van der Waals surface area contributed by atoms with E-state index in [1.807, 2.05) is 32.0 Å². The van der Waals surface area contributed by atoms with Crippen LogP contribution in [0.5, 0.6) is 5.75 Å². The van der Waals surface area contributed by atoms with Crippen molar-refractivity contribution in [3.05, 3.63) is 53.1 Å². The van der Waals surface area contributed by atoms with Crippen LogP contribution in [0.3, 0.4) is 0 Å². The predicted octanol–water partition coefficient (Wildman–Crippen LogP) is 3.15. The van der Waals surface area contributed by atoms with Crippen LogP contribution in [0.1, 0.15) is 21.5 Å². The first-order valence-electron chi connectivity index (χ1n) is 7.82. The smallest absolute Gasteiger partial charge is 0.337 e. The maximum absolute atomic E-state index is 12.2. The number of anilines is 2. The van der Waals surface area contributed by atoms with E-state index in [-0.39, 0.29) is 12.5 Å². The molecule has 0 aliphatic heterocycles. The Labute approximate surface area is 147 Å². The van der Waals surface area contributed by atoms with E-state index in [4.69, 9.17) is 9.47 Å². The fraction of sp³-hybridized carbons (Fsp3) is 0.263. The minimum Gasteiger partial charge on any atom is -0.495 e. The number of esters is 1. The topological polar surface area (TPSA) is 76.7 Å². The van der Waals surface area contributed by atoms with Gasteiger partial charge in [0.2, 0.25) is 5.91 Å². The number of hydrogen-bond donors (Lipinski definition) is 2. The Morgan fingerprint density at radius 3 is 2.44 bits per heavy atom. The highest BCUT2D eigenvalue weighted by Crippen LogP contribution is 2.25. The first-order valence-corrected chi connectivity index (χ1v) is 7.82. The van der Waals surface area contributed by atoms with Gasteiger partial charge in [-0.2, -0.15) is 0 Å². The highest BCUT2D eigenvalue weighted by Gasteiger charge is 2.11. The SMILES string of the molecule is COC(=O)c1ccc(C)c(NCC(=O)Nc2cc(C)ccc2OC)c1. The van der Waals surface area contributed by atoms with Gasteiger partial charge in [0.05, 0.1) is 32.0 Å². The first kappa shape index (κ1) is 18.3. The van der Waals surface area contributed by atoms with Crippen molar-refractivity contribution < 1.29 is 19.1 Å². The second kappa shape index (κ2) is 8.19.